The van der Waals surface area contributed by atoms with Crippen LogP contribution in [-0.4, -0.2) is 26.8 Å². The van der Waals surface area contributed by atoms with Gasteiger partial charge in [-0.2, -0.15) is 0 Å². The Morgan fingerprint density at radius 1 is 1.47 bits per heavy atom. The highest BCUT2D eigenvalue weighted by Gasteiger charge is 2.21. The van der Waals surface area contributed by atoms with Crippen LogP contribution in [0.15, 0.2) is 11.4 Å². The molecule has 0 saturated heterocycles. The summed E-state index contributed by atoms with van der Waals surface area (Å²) in [6.45, 7) is 2.95. The van der Waals surface area contributed by atoms with Crippen LogP contribution in [-0.2, 0) is 16.6 Å². The minimum atomic E-state index is -3.15. The summed E-state index contributed by atoms with van der Waals surface area (Å²) >= 11 is 1.59. The molecule has 1 saturated carbocycles. The van der Waals surface area contributed by atoms with Gasteiger partial charge in [0.1, 0.15) is 0 Å². The van der Waals surface area contributed by atoms with E-state index in [9.17, 15) is 8.42 Å². The summed E-state index contributed by atoms with van der Waals surface area (Å²) in [5.41, 5.74) is 1.15. The second-order valence-corrected chi connectivity index (χ2v) is 7.32. The van der Waals surface area contributed by atoms with Gasteiger partial charge >= 0.3 is 0 Å². The van der Waals surface area contributed by atoms with Crippen LogP contribution in [0.3, 0.4) is 0 Å². The molecule has 0 unspecified atom stereocenters. The average molecular weight is 274 g/mol. The maximum absolute atomic E-state index is 11.7. The van der Waals surface area contributed by atoms with Crippen LogP contribution in [0.2, 0.25) is 0 Å². The maximum atomic E-state index is 11.7. The fourth-order valence-corrected chi connectivity index (χ4v) is 3.35. The highest BCUT2D eigenvalue weighted by molar-refractivity contribution is 7.89. The Kier molecular flexibility index (Phi) is 4.19. The van der Waals surface area contributed by atoms with Gasteiger partial charge in [-0.1, -0.05) is 0 Å². The van der Waals surface area contributed by atoms with Gasteiger partial charge < -0.3 is 5.32 Å². The molecular weight excluding hydrogens is 256 g/mol. The van der Waals surface area contributed by atoms with Crippen LogP contribution in [0.5, 0.6) is 0 Å². The molecular formula is C11H18N2O2S2. The highest BCUT2D eigenvalue weighted by atomic mass is 32.2. The van der Waals surface area contributed by atoms with E-state index in [1.165, 1.54) is 12.8 Å². The smallest absolute Gasteiger partial charge is 0.213 e. The van der Waals surface area contributed by atoms with E-state index in [-0.39, 0.29) is 5.75 Å². The summed E-state index contributed by atoms with van der Waals surface area (Å²) in [6.07, 6.45) is 2.36. The van der Waals surface area contributed by atoms with E-state index in [1.54, 1.807) is 11.3 Å². The minimum absolute atomic E-state index is 0.161. The average Bonchev–Trinajstić information content (AvgIpc) is 2.98. The summed E-state index contributed by atoms with van der Waals surface area (Å²) in [6, 6.07) is 2.56. The number of sulfonamides is 1. The molecule has 2 rings (SSSR count). The third-order valence-electron chi connectivity index (χ3n) is 2.80. The zero-order valence-electron chi connectivity index (χ0n) is 9.90. The molecule has 0 aliphatic heterocycles. The first-order chi connectivity index (χ1) is 8.07. The van der Waals surface area contributed by atoms with Crippen molar-refractivity contribution in [1.29, 1.82) is 0 Å². The fourth-order valence-electron chi connectivity index (χ4n) is 1.52. The van der Waals surface area contributed by atoms with Gasteiger partial charge in [0.2, 0.25) is 10.0 Å². The predicted octanol–water partition coefficient (Wildman–Crippen LogP) is 1.23. The summed E-state index contributed by atoms with van der Waals surface area (Å²) < 4.78 is 26.0. The van der Waals surface area contributed by atoms with Gasteiger partial charge in [0.15, 0.2) is 0 Å². The third-order valence-corrected chi connectivity index (χ3v) is 5.15. The molecule has 0 atom stereocenters. The van der Waals surface area contributed by atoms with E-state index in [0.717, 1.165) is 10.4 Å². The normalized spacial score (nSPS) is 16.3. The lowest BCUT2D eigenvalue weighted by atomic mass is 10.3. The van der Waals surface area contributed by atoms with Crippen molar-refractivity contribution in [2.75, 3.05) is 12.3 Å². The Hall–Kier alpha value is -0.430. The highest BCUT2D eigenvalue weighted by Crippen LogP contribution is 2.18. The first-order valence-corrected chi connectivity index (χ1v) is 8.34. The Morgan fingerprint density at radius 3 is 2.82 bits per heavy atom. The minimum Gasteiger partial charge on any atom is -0.313 e. The lowest BCUT2D eigenvalue weighted by Gasteiger charge is -2.06. The molecule has 1 aromatic rings. The number of rotatable bonds is 7. The first kappa shape index (κ1) is 13.0. The zero-order chi connectivity index (χ0) is 12.3. The third kappa shape index (κ3) is 4.39. The quantitative estimate of drug-likeness (QED) is 0.786. The number of aryl methyl sites for hydroxylation is 1. The molecule has 1 heterocycles. The second-order valence-electron chi connectivity index (χ2n) is 4.40. The summed E-state index contributed by atoms with van der Waals surface area (Å²) in [5.74, 6) is 0.161. The monoisotopic (exact) mass is 274 g/mol. The van der Waals surface area contributed by atoms with E-state index >= 15 is 0 Å². The summed E-state index contributed by atoms with van der Waals surface area (Å²) in [5, 5.41) is 5.18. The topological polar surface area (TPSA) is 58.2 Å². The van der Waals surface area contributed by atoms with Crippen molar-refractivity contribution >= 4 is 21.4 Å². The van der Waals surface area contributed by atoms with Crippen molar-refractivity contribution < 1.29 is 8.42 Å². The van der Waals surface area contributed by atoms with E-state index in [2.05, 4.69) is 10.0 Å². The SMILES string of the molecule is Cc1ccsc1CNS(=O)(=O)CCNC1CC1. The predicted molar refractivity (Wildman–Crippen MR) is 70.7 cm³/mol. The largest absolute Gasteiger partial charge is 0.313 e. The van der Waals surface area contributed by atoms with Crippen molar-refractivity contribution in [3.63, 3.8) is 0 Å². The molecule has 0 radical (unpaired) electrons. The summed E-state index contributed by atoms with van der Waals surface area (Å²) in [4.78, 5) is 1.09. The van der Waals surface area contributed by atoms with Crippen LogP contribution in [0.1, 0.15) is 23.3 Å². The van der Waals surface area contributed by atoms with Gasteiger partial charge in [-0.25, -0.2) is 13.1 Å². The maximum Gasteiger partial charge on any atom is 0.213 e. The van der Waals surface area contributed by atoms with Crippen LogP contribution < -0.4 is 10.0 Å². The van der Waals surface area contributed by atoms with Gasteiger partial charge in [0.05, 0.1) is 5.75 Å². The van der Waals surface area contributed by atoms with Gasteiger partial charge in [-0.05, 0) is 36.8 Å². The van der Waals surface area contributed by atoms with E-state index < -0.39 is 10.0 Å². The molecule has 1 aliphatic rings. The van der Waals surface area contributed by atoms with Crippen LogP contribution in [0.4, 0.5) is 0 Å². The second kappa shape index (κ2) is 5.48. The van der Waals surface area contributed by atoms with Crippen molar-refractivity contribution in [3.05, 3.63) is 21.9 Å². The van der Waals surface area contributed by atoms with Gasteiger partial charge in [-0.3, -0.25) is 0 Å². The van der Waals surface area contributed by atoms with E-state index in [1.807, 2.05) is 18.4 Å². The van der Waals surface area contributed by atoms with Crippen LogP contribution in [0, 0.1) is 6.92 Å². The van der Waals surface area contributed by atoms with Crippen molar-refractivity contribution in [2.24, 2.45) is 0 Å². The molecule has 1 aromatic heterocycles. The molecule has 6 heteroatoms. The van der Waals surface area contributed by atoms with Gasteiger partial charge in [-0.15, -0.1) is 11.3 Å². The number of hydrogen-bond donors (Lipinski definition) is 2. The molecule has 2 N–H and O–H groups in total. The first-order valence-electron chi connectivity index (χ1n) is 5.80. The van der Waals surface area contributed by atoms with Crippen molar-refractivity contribution in [1.82, 2.24) is 10.0 Å². The Labute approximate surface area is 106 Å². The van der Waals surface area contributed by atoms with E-state index in [4.69, 9.17) is 0 Å². The van der Waals surface area contributed by atoms with Gasteiger partial charge in [0.25, 0.3) is 0 Å². The lowest BCUT2D eigenvalue weighted by Crippen LogP contribution is -2.32. The van der Waals surface area contributed by atoms with Crippen LogP contribution >= 0.6 is 11.3 Å². The Balaban J connectivity index is 1.74. The molecule has 0 bridgehead atoms. The van der Waals surface area contributed by atoms with Crippen molar-refractivity contribution in [2.45, 2.75) is 32.4 Å². The number of hydrogen-bond acceptors (Lipinski definition) is 4. The molecule has 0 amide bonds. The molecule has 4 nitrogen and oxygen atoms in total. The Morgan fingerprint density at radius 2 is 2.24 bits per heavy atom. The lowest BCUT2D eigenvalue weighted by molar-refractivity contribution is 0.576. The molecule has 0 spiro atoms. The molecule has 1 aliphatic carbocycles. The fraction of sp³-hybridized carbons (Fsp3) is 0.636. The molecule has 96 valence electrons. The number of nitrogens with one attached hydrogen (secondary N) is 2. The molecule has 0 aromatic carbocycles. The Bertz CT molecular complexity index is 464. The van der Waals surface area contributed by atoms with E-state index in [0.29, 0.717) is 19.1 Å². The molecule has 1 fully saturated rings. The van der Waals surface area contributed by atoms with Crippen molar-refractivity contribution in [3.8, 4) is 0 Å². The zero-order valence-corrected chi connectivity index (χ0v) is 11.5. The van der Waals surface area contributed by atoms with Gasteiger partial charge in [0, 0.05) is 24.0 Å². The standard InChI is InChI=1S/C11H18N2O2S2/c1-9-4-6-16-11(9)8-13-17(14,15)7-5-12-10-2-3-10/h4,6,10,12-13H,2-3,5,7-8H2,1H3. The van der Waals surface area contributed by atoms with Crippen LogP contribution in [0.25, 0.3) is 0 Å². The summed E-state index contributed by atoms with van der Waals surface area (Å²) in [7, 11) is -3.15. The number of thiophene rings is 1. The molecule has 17 heavy (non-hydrogen) atoms.